The van der Waals surface area contributed by atoms with E-state index in [2.05, 4.69) is 5.32 Å². The van der Waals surface area contributed by atoms with Crippen molar-refractivity contribution in [3.63, 3.8) is 0 Å². The number of nitrogens with zero attached hydrogens (tertiary/aromatic N) is 1. The van der Waals surface area contributed by atoms with E-state index >= 15 is 0 Å². The number of thiocarbonyl (C=S) groups is 1. The predicted molar refractivity (Wildman–Crippen MR) is 69.5 cm³/mol. The Morgan fingerprint density at radius 1 is 1.19 bits per heavy atom. The zero-order chi connectivity index (χ0) is 13.1. The number of carbonyl (C=O) groups excluding carboxylic acids is 1. The van der Waals surface area contributed by atoms with Crippen LogP contribution in [0.4, 0.5) is 4.79 Å². The van der Waals surface area contributed by atoms with Crippen molar-refractivity contribution in [2.24, 2.45) is 0 Å². The van der Waals surface area contributed by atoms with Crippen molar-refractivity contribution in [2.75, 3.05) is 7.05 Å². The predicted octanol–water partition coefficient (Wildman–Crippen LogP) is 2.53. The highest BCUT2D eigenvalue weighted by Crippen LogP contribution is 2.11. The molecular weight excluding hydrogens is 224 g/mol. The van der Waals surface area contributed by atoms with Crippen LogP contribution in [0.5, 0.6) is 0 Å². The van der Waals surface area contributed by atoms with Crippen LogP contribution in [0.15, 0.2) is 0 Å². The molecule has 0 heterocycles. The van der Waals surface area contributed by atoms with Crippen molar-refractivity contribution < 1.29 is 9.53 Å². The van der Waals surface area contributed by atoms with E-state index in [-0.39, 0.29) is 5.54 Å². The van der Waals surface area contributed by atoms with Crippen LogP contribution >= 0.6 is 12.2 Å². The molecule has 0 unspecified atom stereocenters. The second kappa shape index (κ2) is 4.99. The standard InChI is InChI=1S/C11H22N2O2S/c1-10(2,3)13(7)8(16)12-9(14)15-11(4,5)6/h1-7H3,(H,12,14,16). The van der Waals surface area contributed by atoms with Crippen LogP contribution in [0.1, 0.15) is 41.5 Å². The Balaban J connectivity index is 4.32. The molecule has 0 rings (SSSR count). The molecule has 0 aliphatic carbocycles. The highest BCUT2D eigenvalue weighted by Gasteiger charge is 2.23. The Kier molecular flexibility index (Phi) is 4.73. The van der Waals surface area contributed by atoms with E-state index in [4.69, 9.17) is 17.0 Å². The molecule has 16 heavy (non-hydrogen) atoms. The van der Waals surface area contributed by atoms with Crippen molar-refractivity contribution in [1.29, 1.82) is 0 Å². The van der Waals surface area contributed by atoms with Crippen LogP contribution in [-0.4, -0.2) is 34.3 Å². The fraction of sp³-hybridized carbons (Fsp3) is 0.818. The molecular formula is C11H22N2O2S. The number of hydrogen-bond acceptors (Lipinski definition) is 3. The van der Waals surface area contributed by atoms with Crippen LogP contribution in [-0.2, 0) is 4.74 Å². The maximum Gasteiger partial charge on any atom is 0.413 e. The second-order valence-electron chi connectivity index (χ2n) is 5.66. The first-order valence-corrected chi connectivity index (χ1v) is 5.62. The third-order valence-electron chi connectivity index (χ3n) is 1.92. The normalized spacial score (nSPS) is 11.9. The maximum atomic E-state index is 11.5. The van der Waals surface area contributed by atoms with Crippen LogP contribution in [0.3, 0.4) is 0 Å². The van der Waals surface area contributed by atoms with Gasteiger partial charge in [0.1, 0.15) is 5.60 Å². The lowest BCUT2D eigenvalue weighted by Gasteiger charge is -2.34. The molecule has 4 nitrogen and oxygen atoms in total. The number of amides is 1. The van der Waals surface area contributed by atoms with Gasteiger partial charge in [-0.25, -0.2) is 4.79 Å². The lowest BCUT2D eigenvalue weighted by molar-refractivity contribution is 0.0556. The topological polar surface area (TPSA) is 41.6 Å². The van der Waals surface area contributed by atoms with Gasteiger partial charge in [0, 0.05) is 12.6 Å². The summed E-state index contributed by atoms with van der Waals surface area (Å²) in [5.74, 6) is 0. The third-order valence-corrected chi connectivity index (χ3v) is 2.29. The summed E-state index contributed by atoms with van der Waals surface area (Å²) in [5.41, 5.74) is -0.647. The van der Waals surface area contributed by atoms with Gasteiger partial charge >= 0.3 is 6.09 Å². The van der Waals surface area contributed by atoms with Gasteiger partial charge in [0.15, 0.2) is 5.11 Å². The average molecular weight is 246 g/mol. The first-order chi connectivity index (χ1) is 6.93. The Morgan fingerprint density at radius 2 is 1.62 bits per heavy atom. The SMILES string of the molecule is CN(C(=S)NC(=O)OC(C)(C)C)C(C)(C)C. The molecule has 0 aliphatic rings. The highest BCUT2D eigenvalue weighted by atomic mass is 32.1. The minimum absolute atomic E-state index is 0.133. The monoisotopic (exact) mass is 246 g/mol. The van der Waals surface area contributed by atoms with Crippen molar-refractivity contribution in [2.45, 2.75) is 52.7 Å². The smallest absolute Gasteiger partial charge is 0.413 e. The summed E-state index contributed by atoms with van der Waals surface area (Å²) in [5, 5.41) is 2.90. The van der Waals surface area contributed by atoms with Crippen LogP contribution in [0.25, 0.3) is 0 Å². The Labute approximate surface area is 103 Å². The van der Waals surface area contributed by atoms with E-state index in [1.165, 1.54) is 0 Å². The van der Waals surface area contributed by atoms with E-state index in [1.807, 2.05) is 53.5 Å². The summed E-state index contributed by atoms with van der Waals surface area (Å²) in [6.45, 7) is 11.5. The van der Waals surface area contributed by atoms with E-state index < -0.39 is 11.7 Å². The van der Waals surface area contributed by atoms with Crippen LogP contribution < -0.4 is 5.32 Å². The summed E-state index contributed by atoms with van der Waals surface area (Å²) in [7, 11) is 1.83. The zero-order valence-corrected chi connectivity index (χ0v) is 12.0. The fourth-order valence-corrected chi connectivity index (χ4v) is 1.14. The number of carbonyl (C=O) groups is 1. The van der Waals surface area contributed by atoms with Crippen molar-refractivity contribution >= 4 is 23.4 Å². The number of hydrogen-bond donors (Lipinski definition) is 1. The maximum absolute atomic E-state index is 11.5. The largest absolute Gasteiger partial charge is 0.444 e. The average Bonchev–Trinajstić information content (AvgIpc) is 1.96. The first-order valence-electron chi connectivity index (χ1n) is 5.21. The second-order valence-corrected chi connectivity index (χ2v) is 6.05. The van der Waals surface area contributed by atoms with Crippen LogP contribution in [0.2, 0.25) is 0 Å². The van der Waals surface area contributed by atoms with Gasteiger partial charge in [-0.3, -0.25) is 5.32 Å². The first kappa shape index (κ1) is 15.2. The molecule has 0 aromatic heterocycles. The summed E-state index contributed by atoms with van der Waals surface area (Å²) >= 11 is 5.10. The zero-order valence-electron chi connectivity index (χ0n) is 11.2. The van der Waals surface area contributed by atoms with Crippen molar-refractivity contribution in [3.8, 4) is 0 Å². The Morgan fingerprint density at radius 3 is 1.94 bits per heavy atom. The molecule has 0 saturated heterocycles. The summed E-state index contributed by atoms with van der Waals surface area (Å²) in [6, 6.07) is 0. The molecule has 0 bridgehead atoms. The van der Waals surface area contributed by atoms with Crippen molar-refractivity contribution in [1.82, 2.24) is 10.2 Å². The number of nitrogens with one attached hydrogen (secondary N) is 1. The van der Waals surface area contributed by atoms with Gasteiger partial charge < -0.3 is 9.64 Å². The molecule has 0 spiro atoms. The third kappa shape index (κ3) is 5.90. The molecule has 0 saturated carbocycles. The molecule has 94 valence electrons. The minimum atomic E-state index is -0.520. The van der Waals surface area contributed by atoms with E-state index in [1.54, 1.807) is 0 Å². The van der Waals surface area contributed by atoms with Gasteiger partial charge in [-0.2, -0.15) is 0 Å². The van der Waals surface area contributed by atoms with Gasteiger partial charge in [-0.15, -0.1) is 0 Å². The van der Waals surface area contributed by atoms with Gasteiger partial charge in [0.2, 0.25) is 0 Å². The van der Waals surface area contributed by atoms with E-state index in [0.29, 0.717) is 5.11 Å². The summed E-state index contributed by atoms with van der Waals surface area (Å²) in [4.78, 5) is 13.3. The molecule has 0 fully saturated rings. The lowest BCUT2D eigenvalue weighted by atomic mass is 10.1. The molecule has 1 amide bonds. The number of alkyl carbamates (subject to hydrolysis) is 1. The highest BCUT2D eigenvalue weighted by molar-refractivity contribution is 7.80. The Hall–Kier alpha value is -0.840. The quantitative estimate of drug-likeness (QED) is 0.667. The molecule has 1 N–H and O–H groups in total. The minimum Gasteiger partial charge on any atom is -0.444 e. The van der Waals surface area contributed by atoms with Gasteiger partial charge in [0.25, 0.3) is 0 Å². The van der Waals surface area contributed by atoms with Gasteiger partial charge in [0.05, 0.1) is 0 Å². The molecule has 0 atom stereocenters. The van der Waals surface area contributed by atoms with Gasteiger partial charge in [-0.05, 0) is 53.8 Å². The number of rotatable bonds is 0. The van der Waals surface area contributed by atoms with E-state index in [9.17, 15) is 4.79 Å². The van der Waals surface area contributed by atoms with E-state index in [0.717, 1.165) is 0 Å². The summed E-state index contributed by atoms with van der Waals surface area (Å²) in [6.07, 6.45) is -0.520. The molecule has 0 aromatic carbocycles. The Bertz CT molecular complexity index is 277. The van der Waals surface area contributed by atoms with Crippen molar-refractivity contribution in [3.05, 3.63) is 0 Å². The molecule has 0 aliphatic heterocycles. The number of ether oxygens (including phenoxy) is 1. The molecule has 0 radical (unpaired) electrons. The molecule has 0 aromatic rings. The van der Waals surface area contributed by atoms with Gasteiger partial charge in [-0.1, -0.05) is 0 Å². The lowest BCUT2D eigenvalue weighted by Crippen LogP contribution is -2.50. The summed E-state index contributed by atoms with van der Waals surface area (Å²) < 4.78 is 5.11. The van der Waals surface area contributed by atoms with Crippen LogP contribution in [0, 0.1) is 0 Å². The fourth-order valence-electron chi connectivity index (χ4n) is 0.779. The molecule has 5 heteroatoms.